The van der Waals surface area contributed by atoms with Crippen LogP contribution in [0.25, 0.3) is 11.3 Å². The first kappa shape index (κ1) is 25.2. The first-order valence-electron chi connectivity index (χ1n) is 10.6. The van der Waals surface area contributed by atoms with Crippen LogP contribution in [0.4, 0.5) is 11.5 Å². The number of hydrogen-bond acceptors (Lipinski definition) is 8. The number of anilines is 2. The van der Waals surface area contributed by atoms with Crippen LogP contribution in [0, 0.1) is 0 Å². The molecule has 10 nitrogen and oxygen atoms in total. The zero-order chi connectivity index (χ0) is 24.9. The number of aryl methyl sites for hydroxylation is 1. The number of hydrogen-bond donors (Lipinski definition) is 2. The number of amides is 1. The average molecular weight is 484 g/mol. The number of pyridine rings is 1. The van der Waals surface area contributed by atoms with Crippen LogP contribution >= 0.6 is 0 Å². The lowest BCUT2D eigenvalue weighted by molar-refractivity contribution is 0.102. The Morgan fingerprint density at radius 2 is 1.76 bits per heavy atom. The molecular formula is C23H29N7O3S. The number of rotatable bonds is 9. The minimum atomic E-state index is -3.55. The van der Waals surface area contributed by atoms with E-state index in [-0.39, 0.29) is 16.4 Å². The van der Waals surface area contributed by atoms with Crippen LogP contribution in [0.2, 0.25) is 0 Å². The molecule has 0 radical (unpaired) electrons. The Labute approximate surface area is 199 Å². The fourth-order valence-corrected chi connectivity index (χ4v) is 4.10. The van der Waals surface area contributed by atoms with Gasteiger partial charge in [-0.25, -0.2) is 22.7 Å². The molecule has 0 bridgehead atoms. The Morgan fingerprint density at radius 3 is 2.41 bits per heavy atom. The Bertz CT molecular complexity index is 1260. The minimum absolute atomic E-state index is 0.0110. The van der Waals surface area contributed by atoms with Crippen LogP contribution < -0.4 is 11.1 Å². The molecule has 1 aromatic carbocycles. The van der Waals surface area contributed by atoms with Crippen LogP contribution in [0.15, 0.2) is 53.8 Å². The van der Waals surface area contributed by atoms with E-state index in [0.29, 0.717) is 16.9 Å². The van der Waals surface area contributed by atoms with Crippen molar-refractivity contribution >= 4 is 27.4 Å². The Morgan fingerprint density at radius 1 is 1.06 bits per heavy atom. The smallest absolute Gasteiger partial charge is 0.278 e. The molecule has 0 saturated heterocycles. The summed E-state index contributed by atoms with van der Waals surface area (Å²) in [6.07, 6.45) is 6.59. The van der Waals surface area contributed by atoms with Crippen molar-refractivity contribution in [2.75, 3.05) is 45.8 Å². The average Bonchev–Trinajstić information content (AvgIpc) is 2.79. The number of nitrogen functional groups attached to an aromatic ring is 1. The molecule has 2 aromatic heterocycles. The second-order valence-electron chi connectivity index (χ2n) is 8.24. The fraction of sp³-hybridized carbons (Fsp3) is 0.304. The number of carbonyl (C=O) groups is 1. The van der Waals surface area contributed by atoms with Gasteiger partial charge >= 0.3 is 0 Å². The molecule has 3 N–H and O–H groups in total. The standard InChI is InChI=1S/C23H29N7O3S/c1-29(2)11-5-6-16-12-18(14-25-13-16)27-23(31)21-22(24)26-15-20(28-21)17-7-9-19(10-8-17)34(32,33)30(3)4/h7-10,12-15H,5-6,11H2,1-4H3,(H2,24,26)(H,27,31). The lowest BCUT2D eigenvalue weighted by Gasteiger charge is -2.12. The molecule has 0 fully saturated rings. The molecular weight excluding hydrogens is 454 g/mol. The summed E-state index contributed by atoms with van der Waals surface area (Å²) in [5.41, 5.74) is 8.44. The summed E-state index contributed by atoms with van der Waals surface area (Å²) in [6.45, 7) is 0.956. The highest BCUT2D eigenvalue weighted by Gasteiger charge is 2.18. The number of benzene rings is 1. The lowest BCUT2D eigenvalue weighted by Crippen LogP contribution is -2.22. The number of carbonyl (C=O) groups excluding carboxylic acids is 1. The topological polar surface area (TPSA) is 134 Å². The van der Waals surface area contributed by atoms with Crippen molar-refractivity contribution < 1.29 is 13.2 Å². The summed E-state index contributed by atoms with van der Waals surface area (Å²) in [7, 11) is 3.43. The van der Waals surface area contributed by atoms with E-state index in [0.717, 1.165) is 29.3 Å². The highest BCUT2D eigenvalue weighted by Crippen LogP contribution is 2.22. The zero-order valence-corrected chi connectivity index (χ0v) is 20.5. The van der Waals surface area contributed by atoms with Crippen molar-refractivity contribution in [1.82, 2.24) is 24.2 Å². The van der Waals surface area contributed by atoms with Crippen LogP contribution in [-0.4, -0.2) is 73.2 Å². The SMILES string of the molecule is CN(C)CCCc1cncc(NC(=O)c2nc(-c3ccc(S(=O)(=O)N(C)C)cc3)cnc2N)c1. The molecule has 0 atom stereocenters. The van der Waals surface area contributed by atoms with E-state index in [2.05, 4.69) is 25.2 Å². The molecule has 3 rings (SSSR count). The number of nitrogens with zero attached hydrogens (tertiary/aromatic N) is 5. The van der Waals surface area contributed by atoms with Crippen molar-refractivity contribution in [2.45, 2.75) is 17.7 Å². The fourth-order valence-electron chi connectivity index (χ4n) is 3.20. The van der Waals surface area contributed by atoms with Crippen LogP contribution in [0.5, 0.6) is 0 Å². The van der Waals surface area contributed by atoms with Crippen LogP contribution in [0.1, 0.15) is 22.5 Å². The van der Waals surface area contributed by atoms with Crippen molar-refractivity contribution in [3.63, 3.8) is 0 Å². The van der Waals surface area contributed by atoms with E-state index in [4.69, 9.17) is 5.73 Å². The molecule has 34 heavy (non-hydrogen) atoms. The monoisotopic (exact) mass is 483 g/mol. The molecule has 2 heterocycles. The maximum Gasteiger partial charge on any atom is 0.278 e. The van der Waals surface area contributed by atoms with Gasteiger partial charge in [0.25, 0.3) is 5.91 Å². The van der Waals surface area contributed by atoms with Crippen molar-refractivity contribution in [3.05, 3.63) is 60.2 Å². The lowest BCUT2D eigenvalue weighted by atomic mass is 10.1. The van der Waals surface area contributed by atoms with Crippen molar-refractivity contribution in [1.29, 1.82) is 0 Å². The molecule has 0 spiro atoms. The molecule has 180 valence electrons. The summed E-state index contributed by atoms with van der Waals surface area (Å²) in [5, 5.41) is 2.78. The van der Waals surface area contributed by atoms with Gasteiger partial charge in [0.05, 0.1) is 28.7 Å². The van der Waals surface area contributed by atoms with E-state index < -0.39 is 15.9 Å². The third-order valence-electron chi connectivity index (χ3n) is 5.07. The molecule has 0 saturated carbocycles. The van der Waals surface area contributed by atoms with Crippen LogP contribution in [-0.2, 0) is 16.4 Å². The maximum atomic E-state index is 12.9. The first-order valence-corrected chi connectivity index (χ1v) is 12.1. The Kier molecular flexibility index (Phi) is 7.92. The van der Waals surface area contributed by atoms with Gasteiger partial charge in [-0.1, -0.05) is 12.1 Å². The highest BCUT2D eigenvalue weighted by atomic mass is 32.2. The molecule has 0 aliphatic carbocycles. The van der Waals surface area contributed by atoms with Gasteiger partial charge in [0, 0.05) is 25.9 Å². The predicted molar refractivity (Wildman–Crippen MR) is 132 cm³/mol. The van der Waals surface area contributed by atoms with E-state index >= 15 is 0 Å². The van der Waals surface area contributed by atoms with Gasteiger partial charge in [0.2, 0.25) is 10.0 Å². The second kappa shape index (κ2) is 10.7. The number of nitrogens with two attached hydrogens (primary N) is 1. The molecule has 3 aromatic rings. The molecule has 11 heteroatoms. The molecule has 0 aliphatic rings. The Hall–Kier alpha value is -3.41. The maximum absolute atomic E-state index is 12.9. The third kappa shape index (κ3) is 6.13. The summed E-state index contributed by atoms with van der Waals surface area (Å²) in [6, 6.07) is 8.06. The third-order valence-corrected chi connectivity index (χ3v) is 6.90. The quantitative estimate of drug-likeness (QED) is 0.473. The van der Waals surface area contributed by atoms with Gasteiger partial charge in [-0.3, -0.25) is 9.78 Å². The van der Waals surface area contributed by atoms with Gasteiger partial charge in [-0.2, -0.15) is 0 Å². The molecule has 0 aliphatic heterocycles. The van der Waals surface area contributed by atoms with Gasteiger partial charge < -0.3 is 16.0 Å². The van der Waals surface area contributed by atoms with Crippen molar-refractivity contribution in [2.24, 2.45) is 0 Å². The summed E-state index contributed by atoms with van der Waals surface area (Å²) >= 11 is 0. The van der Waals surface area contributed by atoms with E-state index in [1.165, 1.54) is 32.4 Å². The van der Waals surface area contributed by atoms with E-state index in [1.54, 1.807) is 24.5 Å². The highest BCUT2D eigenvalue weighted by molar-refractivity contribution is 7.89. The summed E-state index contributed by atoms with van der Waals surface area (Å²) < 4.78 is 25.7. The van der Waals surface area contributed by atoms with Crippen molar-refractivity contribution in [3.8, 4) is 11.3 Å². The number of sulfonamides is 1. The first-order chi connectivity index (χ1) is 16.1. The largest absolute Gasteiger partial charge is 0.382 e. The minimum Gasteiger partial charge on any atom is -0.382 e. The molecule has 1 amide bonds. The predicted octanol–water partition coefficient (Wildman–Crippen LogP) is 2.12. The van der Waals surface area contributed by atoms with Gasteiger partial charge in [-0.15, -0.1) is 0 Å². The van der Waals surface area contributed by atoms with Crippen LogP contribution in [0.3, 0.4) is 0 Å². The molecule has 0 unspecified atom stereocenters. The zero-order valence-electron chi connectivity index (χ0n) is 19.7. The normalized spacial score (nSPS) is 11.7. The van der Waals surface area contributed by atoms with Gasteiger partial charge in [0.1, 0.15) is 0 Å². The number of aromatic nitrogens is 3. The number of nitrogens with one attached hydrogen (secondary N) is 1. The second-order valence-corrected chi connectivity index (χ2v) is 10.4. The van der Waals surface area contributed by atoms with E-state index in [1.807, 2.05) is 20.2 Å². The summed E-state index contributed by atoms with van der Waals surface area (Å²) in [4.78, 5) is 27.8. The van der Waals surface area contributed by atoms with Gasteiger partial charge in [-0.05, 0) is 57.2 Å². The van der Waals surface area contributed by atoms with Gasteiger partial charge in [0.15, 0.2) is 11.5 Å². The summed E-state index contributed by atoms with van der Waals surface area (Å²) in [5.74, 6) is -0.519. The van der Waals surface area contributed by atoms with E-state index in [9.17, 15) is 13.2 Å². The Balaban J connectivity index is 1.78.